The van der Waals surface area contributed by atoms with Crippen LogP contribution in [0.5, 0.6) is 0 Å². The highest BCUT2D eigenvalue weighted by molar-refractivity contribution is 14.1. The second-order valence-electron chi connectivity index (χ2n) is 15.4. The zero-order valence-corrected chi connectivity index (χ0v) is 30.6. The van der Waals surface area contributed by atoms with Crippen LogP contribution in [0.1, 0.15) is 143 Å². The van der Waals surface area contributed by atoms with Gasteiger partial charge in [-0.1, -0.05) is 88.6 Å². The van der Waals surface area contributed by atoms with Crippen LogP contribution in [0, 0.1) is 37.1 Å². The van der Waals surface area contributed by atoms with Crippen LogP contribution in [0.2, 0.25) is 0 Å². The van der Waals surface area contributed by atoms with Gasteiger partial charge in [0.2, 0.25) is 0 Å². The number of hydrogen-bond acceptors (Lipinski definition) is 6. The van der Waals surface area contributed by atoms with Crippen LogP contribution in [0.25, 0.3) is 0 Å². The van der Waals surface area contributed by atoms with Gasteiger partial charge in [0, 0.05) is 20.0 Å². The highest BCUT2D eigenvalue weighted by atomic mass is 127. The molecule has 2 fully saturated rings. The van der Waals surface area contributed by atoms with E-state index in [0.717, 1.165) is 29.3 Å². The summed E-state index contributed by atoms with van der Waals surface area (Å²) in [5.74, 6) is -0.388. The Morgan fingerprint density at radius 2 is 1.33 bits per heavy atom. The Balaban J connectivity index is 1.72. The molecule has 6 nitrogen and oxygen atoms in total. The standard InChI is InChI=1S/C36H55IO6/c1-12-13-14-27(41-30(38)17-18-31(39)42-28-19-22(2)33(4,5)35(28,8)9)25-16-15-24(37)21-26(25)32(40)43-29-20-23(3)34(6,7)36(29,10)11/h15-16,21-23,27-29H,12-14,17-20H2,1-11H3/t22-,23-,27?,28+,29+/m0/s1. The number of carbonyl (C=O) groups excluding carboxylic acids is 3. The Bertz CT molecular complexity index is 1180. The van der Waals surface area contributed by atoms with Crippen LogP contribution in [-0.4, -0.2) is 30.1 Å². The van der Waals surface area contributed by atoms with Crippen molar-refractivity contribution in [2.45, 2.75) is 139 Å². The van der Waals surface area contributed by atoms with Crippen molar-refractivity contribution in [3.63, 3.8) is 0 Å². The van der Waals surface area contributed by atoms with Gasteiger partial charge in [0.1, 0.15) is 18.3 Å². The van der Waals surface area contributed by atoms with Crippen LogP contribution < -0.4 is 0 Å². The Labute approximate surface area is 273 Å². The van der Waals surface area contributed by atoms with Gasteiger partial charge < -0.3 is 14.2 Å². The van der Waals surface area contributed by atoms with Crippen molar-refractivity contribution in [1.29, 1.82) is 0 Å². The Hall–Kier alpha value is -1.64. The van der Waals surface area contributed by atoms with Gasteiger partial charge >= 0.3 is 17.9 Å². The predicted molar refractivity (Wildman–Crippen MR) is 179 cm³/mol. The summed E-state index contributed by atoms with van der Waals surface area (Å²) in [7, 11) is 0. The van der Waals surface area contributed by atoms with Crippen LogP contribution in [0.3, 0.4) is 0 Å². The number of esters is 3. The number of ether oxygens (including phenoxy) is 3. The van der Waals surface area contributed by atoms with Crippen molar-refractivity contribution in [3.05, 3.63) is 32.9 Å². The Kier molecular flexibility index (Phi) is 11.2. The number of benzene rings is 1. The summed E-state index contributed by atoms with van der Waals surface area (Å²) in [6, 6.07) is 5.62. The lowest BCUT2D eigenvalue weighted by atomic mass is 9.67. The third kappa shape index (κ3) is 7.27. The molecule has 0 radical (unpaired) electrons. The van der Waals surface area contributed by atoms with Crippen molar-refractivity contribution in [2.24, 2.45) is 33.5 Å². The van der Waals surface area contributed by atoms with Gasteiger partial charge in [-0.2, -0.15) is 0 Å². The first-order valence-corrected chi connectivity index (χ1v) is 17.2. The molecule has 0 heterocycles. The van der Waals surface area contributed by atoms with Crippen LogP contribution in [0.15, 0.2) is 18.2 Å². The summed E-state index contributed by atoms with van der Waals surface area (Å²) in [6.07, 6.45) is 2.84. The minimum atomic E-state index is -0.606. The van der Waals surface area contributed by atoms with E-state index >= 15 is 0 Å². The lowest BCUT2D eigenvalue weighted by Gasteiger charge is -2.40. The molecule has 0 bridgehead atoms. The van der Waals surface area contributed by atoms with Crippen LogP contribution in [0.4, 0.5) is 0 Å². The average molecular weight is 711 g/mol. The third-order valence-corrected chi connectivity index (χ3v) is 12.9. The molecular weight excluding hydrogens is 655 g/mol. The average Bonchev–Trinajstić information content (AvgIpc) is 3.16. The molecule has 0 aliphatic heterocycles. The molecule has 1 unspecified atom stereocenters. The molecule has 0 aromatic heterocycles. The molecule has 242 valence electrons. The van der Waals surface area contributed by atoms with E-state index < -0.39 is 12.1 Å². The first kappa shape index (κ1) is 35.8. The molecule has 0 N–H and O–H groups in total. The van der Waals surface area contributed by atoms with Gasteiger partial charge in [0.15, 0.2) is 0 Å². The maximum absolute atomic E-state index is 13.7. The second kappa shape index (κ2) is 13.4. The van der Waals surface area contributed by atoms with Crippen molar-refractivity contribution in [3.8, 4) is 0 Å². The van der Waals surface area contributed by atoms with Crippen LogP contribution >= 0.6 is 22.6 Å². The molecule has 5 atom stereocenters. The summed E-state index contributed by atoms with van der Waals surface area (Å²) >= 11 is 2.19. The quantitative estimate of drug-likeness (QED) is 0.129. The molecule has 3 rings (SSSR count). The Morgan fingerprint density at radius 1 is 0.814 bits per heavy atom. The SMILES string of the molecule is CCCCC(OC(=O)CCC(=O)O[C@@H]1C[C@H](C)C(C)(C)C1(C)C)c1ccc(I)cc1C(=O)O[C@@H]1C[C@H](C)C(C)(C)C1(C)C. The number of unbranched alkanes of at least 4 members (excludes halogenated alkanes) is 1. The first-order chi connectivity index (χ1) is 19.8. The van der Waals surface area contributed by atoms with E-state index in [1.54, 1.807) is 0 Å². The maximum Gasteiger partial charge on any atom is 0.338 e. The fourth-order valence-corrected chi connectivity index (χ4v) is 7.29. The zero-order valence-electron chi connectivity index (χ0n) is 28.4. The first-order valence-electron chi connectivity index (χ1n) is 16.2. The monoisotopic (exact) mass is 710 g/mol. The smallest absolute Gasteiger partial charge is 0.338 e. The Morgan fingerprint density at radius 3 is 1.81 bits per heavy atom. The van der Waals surface area contributed by atoms with E-state index in [-0.39, 0.29) is 58.6 Å². The van der Waals surface area contributed by atoms with Gasteiger partial charge in [-0.3, -0.25) is 9.59 Å². The van der Waals surface area contributed by atoms with Gasteiger partial charge in [0.05, 0.1) is 18.4 Å². The summed E-state index contributed by atoms with van der Waals surface area (Å²) in [6.45, 7) is 24.1. The molecule has 0 amide bonds. The van der Waals surface area contributed by atoms with Crippen LogP contribution in [-0.2, 0) is 23.8 Å². The molecule has 0 spiro atoms. The lowest BCUT2D eigenvalue weighted by Crippen LogP contribution is -2.38. The predicted octanol–water partition coefficient (Wildman–Crippen LogP) is 9.47. The minimum absolute atomic E-state index is 0.0220. The number of halogens is 1. The van der Waals surface area contributed by atoms with Crippen molar-refractivity contribution < 1.29 is 28.6 Å². The van der Waals surface area contributed by atoms with E-state index in [0.29, 0.717) is 29.4 Å². The normalized spacial score (nSPS) is 27.3. The highest BCUT2D eigenvalue weighted by Crippen LogP contribution is 2.57. The molecule has 0 saturated heterocycles. The molecular formula is C36H55IO6. The van der Waals surface area contributed by atoms with Gasteiger partial charge in [-0.05, 0) is 83.1 Å². The van der Waals surface area contributed by atoms with Gasteiger partial charge in [0.25, 0.3) is 0 Å². The number of hydrogen-bond donors (Lipinski definition) is 0. The molecule has 43 heavy (non-hydrogen) atoms. The minimum Gasteiger partial charge on any atom is -0.462 e. The summed E-state index contributed by atoms with van der Waals surface area (Å²) in [5, 5.41) is 0. The number of rotatable bonds is 11. The molecule has 1 aromatic carbocycles. The fourth-order valence-electron chi connectivity index (χ4n) is 6.80. The van der Waals surface area contributed by atoms with Gasteiger partial charge in [-0.15, -0.1) is 0 Å². The second-order valence-corrected chi connectivity index (χ2v) is 16.6. The van der Waals surface area contributed by atoms with Crippen molar-refractivity contribution >= 4 is 40.5 Å². The maximum atomic E-state index is 13.7. The third-order valence-electron chi connectivity index (χ3n) is 12.3. The molecule has 1 aromatic rings. The summed E-state index contributed by atoms with van der Waals surface area (Å²) in [4.78, 5) is 39.6. The molecule has 2 saturated carbocycles. The molecule has 2 aliphatic carbocycles. The van der Waals surface area contributed by atoms with E-state index in [2.05, 4.69) is 98.8 Å². The lowest BCUT2D eigenvalue weighted by molar-refractivity contribution is -0.160. The molecule has 7 heteroatoms. The molecule has 2 aliphatic rings. The largest absolute Gasteiger partial charge is 0.462 e. The van der Waals surface area contributed by atoms with Crippen molar-refractivity contribution in [1.82, 2.24) is 0 Å². The topological polar surface area (TPSA) is 78.9 Å². The van der Waals surface area contributed by atoms with E-state index in [1.807, 2.05) is 18.2 Å². The highest BCUT2D eigenvalue weighted by Gasteiger charge is 2.55. The van der Waals surface area contributed by atoms with E-state index in [9.17, 15) is 14.4 Å². The van der Waals surface area contributed by atoms with Crippen molar-refractivity contribution in [2.75, 3.05) is 0 Å². The number of carbonyl (C=O) groups is 3. The fraction of sp³-hybridized carbons (Fsp3) is 0.750. The van der Waals surface area contributed by atoms with E-state index in [4.69, 9.17) is 14.2 Å². The zero-order chi connectivity index (χ0) is 32.5. The summed E-state index contributed by atoms with van der Waals surface area (Å²) < 4.78 is 19.0. The van der Waals surface area contributed by atoms with E-state index in [1.165, 1.54) is 0 Å². The summed E-state index contributed by atoms with van der Waals surface area (Å²) in [5.41, 5.74) is 0.807. The van der Waals surface area contributed by atoms with Gasteiger partial charge in [-0.25, -0.2) is 4.79 Å².